The number of nitrogens with one attached hydrogen (secondary N) is 2. The van der Waals surface area contributed by atoms with E-state index < -0.39 is 17.5 Å². The van der Waals surface area contributed by atoms with E-state index in [1.165, 1.54) is 0 Å². The van der Waals surface area contributed by atoms with Crippen LogP contribution in [0.3, 0.4) is 0 Å². The standard InChI is InChI=1S/C15H18Cl2N2O3/c1-4-22-12(20)15(8-14(15,2)3)19-13(21)18-11-6-9(16)5-10(17)7-11/h5-7H,4,8H2,1-3H3,(H2,18,19,21). The first kappa shape index (κ1) is 16.9. The first-order valence-corrected chi connectivity index (χ1v) is 7.68. The van der Waals surface area contributed by atoms with E-state index in [4.69, 9.17) is 27.9 Å². The highest BCUT2D eigenvalue weighted by Crippen LogP contribution is 2.56. The molecule has 0 spiro atoms. The predicted octanol–water partition coefficient (Wildman–Crippen LogP) is 3.85. The molecule has 2 amide bonds. The van der Waals surface area contributed by atoms with Gasteiger partial charge < -0.3 is 15.4 Å². The summed E-state index contributed by atoms with van der Waals surface area (Å²) in [5, 5.41) is 6.17. The molecule has 1 aromatic rings. The minimum atomic E-state index is -0.991. The van der Waals surface area contributed by atoms with Gasteiger partial charge in [0.1, 0.15) is 5.54 Å². The summed E-state index contributed by atoms with van der Waals surface area (Å²) in [6.45, 7) is 5.81. The van der Waals surface area contributed by atoms with Crippen LogP contribution in [0.4, 0.5) is 10.5 Å². The van der Waals surface area contributed by atoms with Crippen LogP contribution in [-0.2, 0) is 9.53 Å². The van der Waals surface area contributed by atoms with Gasteiger partial charge in [-0.15, -0.1) is 0 Å². The van der Waals surface area contributed by atoms with Crippen molar-refractivity contribution in [2.45, 2.75) is 32.7 Å². The lowest BCUT2D eigenvalue weighted by atomic mass is 10.1. The van der Waals surface area contributed by atoms with Gasteiger partial charge in [0.05, 0.1) is 6.61 Å². The van der Waals surface area contributed by atoms with E-state index in [1.807, 2.05) is 13.8 Å². The van der Waals surface area contributed by atoms with Crippen molar-refractivity contribution < 1.29 is 14.3 Å². The van der Waals surface area contributed by atoms with Gasteiger partial charge in [0.2, 0.25) is 0 Å². The fourth-order valence-corrected chi connectivity index (χ4v) is 2.99. The molecular weight excluding hydrogens is 327 g/mol. The van der Waals surface area contributed by atoms with Crippen molar-refractivity contribution in [3.8, 4) is 0 Å². The fraction of sp³-hybridized carbons (Fsp3) is 0.467. The lowest BCUT2D eigenvalue weighted by Gasteiger charge is -2.20. The summed E-state index contributed by atoms with van der Waals surface area (Å²) in [5.41, 5.74) is -0.884. The second kappa shape index (κ2) is 5.97. The predicted molar refractivity (Wildman–Crippen MR) is 86.4 cm³/mol. The molecule has 1 aliphatic carbocycles. The van der Waals surface area contributed by atoms with Crippen LogP contribution in [-0.4, -0.2) is 24.1 Å². The summed E-state index contributed by atoms with van der Waals surface area (Å²) in [6.07, 6.45) is 0.530. The van der Waals surface area contributed by atoms with Crippen LogP contribution >= 0.6 is 23.2 Å². The maximum Gasteiger partial charge on any atom is 0.332 e. The average Bonchev–Trinajstić information content (AvgIpc) is 2.90. The summed E-state index contributed by atoms with van der Waals surface area (Å²) in [7, 11) is 0. The van der Waals surface area contributed by atoms with E-state index >= 15 is 0 Å². The van der Waals surface area contributed by atoms with Crippen molar-refractivity contribution in [1.29, 1.82) is 0 Å². The molecule has 1 aliphatic rings. The smallest absolute Gasteiger partial charge is 0.332 e. The Bertz CT molecular complexity index is 599. The zero-order valence-electron chi connectivity index (χ0n) is 12.6. The van der Waals surface area contributed by atoms with Gasteiger partial charge in [-0.2, -0.15) is 0 Å². The van der Waals surface area contributed by atoms with Gasteiger partial charge in [0, 0.05) is 21.1 Å². The molecule has 7 heteroatoms. The number of ether oxygens (including phenoxy) is 1. The van der Waals surface area contributed by atoms with Crippen LogP contribution in [0.2, 0.25) is 10.0 Å². The molecule has 0 saturated heterocycles. The van der Waals surface area contributed by atoms with Gasteiger partial charge in [0.15, 0.2) is 0 Å². The number of hydrogen-bond acceptors (Lipinski definition) is 3. The molecule has 0 aromatic heterocycles. The number of esters is 1. The van der Waals surface area contributed by atoms with Gasteiger partial charge in [-0.1, -0.05) is 37.0 Å². The zero-order valence-corrected chi connectivity index (χ0v) is 14.1. The molecule has 0 aliphatic heterocycles. The lowest BCUT2D eigenvalue weighted by molar-refractivity contribution is -0.147. The summed E-state index contributed by atoms with van der Waals surface area (Å²) < 4.78 is 5.07. The third kappa shape index (κ3) is 3.31. The van der Waals surface area contributed by atoms with Crippen molar-refractivity contribution >= 4 is 40.9 Å². The van der Waals surface area contributed by atoms with E-state index in [0.717, 1.165) is 0 Å². The summed E-state index contributed by atoms with van der Waals surface area (Å²) in [5.74, 6) is -0.417. The summed E-state index contributed by atoms with van der Waals surface area (Å²) >= 11 is 11.8. The Labute approximate surface area is 139 Å². The van der Waals surface area contributed by atoms with Crippen LogP contribution in [0.1, 0.15) is 27.2 Å². The van der Waals surface area contributed by atoms with E-state index in [9.17, 15) is 9.59 Å². The molecule has 2 N–H and O–H groups in total. The zero-order chi connectivity index (χ0) is 16.5. The number of anilines is 1. The molecular formula is C15H18Cl2N2O3. The van der Waals surface area contributed by atoms with Crippen molar-refractivity contribution in [3.63, 3.8) is 0 Å². The van der Waals surface area contributed by atoms with Crippen LogP contribution < -0.4 is 10.6 Å². The highest BCUT2D eigenvalue weighted by atomic mass is 35.5. The topological polar surface area (TPSA) is 67.4 Å². The highest BCUT2D eigenvalue weighted by Gasteiger charge is 2.68. The normalized spacial score (nSPS) is 21.9. The molecule has 2 rings (SSSR count). The molecule has 1 saturated carbocycles. The molecule has 1 fully saturated rings. The fourth-order valence-electron chi connectivity index (χ4n) is 2.47. The Hall–Kier alpha value is -1.46. The molecule has 120 valence electrons. The van der Waals surface area contributed by atoms with Crippen LogP contribution in [0.5, 0.6) is 0 Å². The summed E-state index contributed by atoms with van der Waals surface area (Å²) in [4.78, 5) is 24.3. The largest absolute Gasteiger partial charge is 0.464 e. The lowest BCUT2D eigenvalue weighted by Crippen LogP contribution is -2.49. The molecule has 0 bridgehead atoms. The van der Waals surface area contributed by atoms with Crippen LogP contribution in [0, 0.1) is 5.41 Å². The number of carbonyl (C=O) groups excluding carboxylic acids is 2. The Morgan fingerprint density at radius 2 is 1.77 bits per heavy atom. The molecule has 0 radical (unpaired) electrons. The number of rotatable bonds is 4. The van der Waals surface area contributed by atoms with Gasteiger partial charge in [-0.05, 0) is 31.5 Å². The van der Waals surface area contributed by atoms with E-state index in [2.05, 4.69) is 10.6 Å². The van der Waals surface area contributed by atoms with Crippen molar-refractivity contribution in [3.05, 3.63) is 28.2 Å². The van der Waals surface area contributed by atoms with Crippen LogP contribution in [0.25, 0.3) is 0 Å². The molecule has 1 atom stereocenters. The van der Waals surface area contributed by atoms with Gasteiger partial charge >= 0.3 is 12.0 Å². The van der Waals surface area contributed by atoms with E-state index in [0.29, 0.717) is 22.2 Å². The Morgan fingerprint density at radius 1 is 1.23 bits per heavy atom. The van der Waals surface area contributed by atoms with Crippen molar-refractivity contribution in [2.75, 3.05) is 11.9 Å². The first-order valence-electron chi connectivity index (χ1n) is 6.93. The Kier molecular flexibility index (Phi) is 4.59. The quantitative estimate of drug-likeness (QED) is 0.815. The van der Waals surface area contributed by atoms with Crippen molar-refractivity contribution in [2.24, 2.45) is 5.41 Å². The Balaban J connectivity index is 2.08. The maximum atomic E-state index is 12.2. The molecule has 0 heterocycles. The average molecular weight is 345 g/mol. The first-order chi connectivity index (χ1) is 10.2. The SMILES string of the molecule is CCOC(=O)C1(NC(=O)Nc2cc(Cl)cc(Cl)c2)CC1(C)C. The van der Waals surface area contributed by atoms with E-state index in [1.54, 1.807) is 25.1 Å². The second-order valence-corrected chi connectivity index (χ2v) is 6.80. The summed E-state index contributed by atoms with van der Waals surface area (Å²) in [6, 6.07) is 4.21. The van der Waals surface area contributed by atoms with Gasteiger partial charge in [-0.25, -0.2) is 9.59 Å². The number of urea groups is 1. The molecule has 1 unspecified atom stereocenters. The minimum absolute atomic E-state index is 0.268. The maximum absolute atomic E-state index is 12.2. The van der Waals surface area contributed by atoms with Gasteiger partial charge in [0.25, 0.3) is 0 Å². The molecule has 5 nitrogen and oxygen atoms in total. The number of halogens is 2. The second-order valence-electron chi connectivity index (χ2n) is 5.92. The molecule has 22 heavy (non-hydrogen) atoms. The van der Waals surface area contributed by atoms with Gasteiger partial charge in [-0.3, -0.25) is 0 Å². The Morgan fingerprint density at radius 3 is 2.23 bits per heavy atom. The van der Waals surface area contributed by atoms with E-state index in [-0.39, 0.29) is 12.0 Å². The highest BCUT2D eigenvalue weighted by molar-refractivity contribution is 6.35. The van der Waals surface area contributed by atoms with Crippen LogP contribution in [0.15, 0.2) is 18.2 Å². The van der Waals surface area contributed by atoms with Crippen molar-refractivity contribution in [1.82, 2.24) is 5.32 Å². The minimum Gasteiger partial charge on any atom is -0.464 e. The third-order valence-electron chi connectivity index (χ3n) is 3.81. The number of carbonyl (C=O) groups is 2. The monoisotopic (exact) mass is 344 g/mol. The number of hydrogen-bond donors (Lipinski definition) is 2. The number of amides is 2. The molecule has 1 aromatic carbocycles. The third-order valence-corrected chi connectivity index (χ3v) is 4.25. The number of benzene rings is 1.